The lowest BCUT2D eigenvalue weighted by atomic mass is 10.1. The van der Waals surface area contributed by atoms with Crippen LogP contribution < -0.4 is 10.1 Å². The van der Waals surface area contributed by atoms with Crippen LogP contribution in [-0.4, -0.2) is 13.0 Å². The van der Waals surface area contributed by atoms with Gasteiger partial charge in [0.05, 0.1) is 22.4 Å². The van der Waals surface area contributed by atoms with Gasteiger partial charge in [-0.15, -0.1) is 11.3 Å². The van der Waals surface area contributed by atoms with Crippen molar-refractivity contribution in [2.24, 2.45) is 0 Å². The third-order valence-corrected chi connectivity index (χ3v) is 3.97. The Hall–Kier alpha value is -1.52. The minimum Gasteiger partial charge on any atom is -0.497 e. The van der Waals surface area contributed by atoms with Crippen molar-refractivity contribution in [3.05, 3.63) is 51.2 Å². The smallest absolute Gasteiger partial charge is 0.261 e. The van der Waals surface area contributed by atoms with E-state index in [0.29, 0.717) is 9.21 Å². The van der Waals surface area contributed by atoms with Gasteiger partial charge >= 0.3 is 0 Å². The molecular formula is C14H14ClNO2S. The van der Waals surface area contributed by atoms with E-state index in [1.165, 1.54) is 11.3 Å². The van der Waals surface area contributed by atoms with Crippen LogP contribution >= 0.6 is 22.9 Å². The van der Waals surface area contributed by atoms with Gasteiger partial charge < -0.3 is 10.1 Å². The fourth-order valence-corrected chi connectivity index (χ4v) is 2.64. The van der Waals surface area contributed by atoms with Crippen molar-refractivity contribution in [2.45, 2.75) is 13.0 Å². The van der Waals surface area contributed by atoms with Crippen molar-refractivity contribution in [1.29, 1.82) is 0 Å². The first kappa shape index (κ1) is 13.9. The van der Waals surface area contributed by atoms with Gasteiger partial charge in [0.1, 0.15) is 5.75 Å². The second-order valence-corrected chi connectivity index (χ2v) is 5.79. The molecule has 1 atom stereocenters. The standard InChI is InChI=1S/C14H14ClNO2S/c1-9(10-4-3-5-11(8-10)18-2)16-14(17)12-6-7-13(15)19-12/h3-9H,1-2H3,(H,16,17)/t9-/m1/s1. The third-order valence-electron chi connectivity index (χ3n) is 2.74. The van der Waals surface area contributed by atoms with Crippen molar-refractivity contribution < 1.29 is 9.53 Å². The molecule has 0 bridgehead atoms. The highest BCUT2D eigenvalue weighted by molar-refractivity contribution is 7.17. The van der Waals surface area contributed by atoms with Gasteiger partial charge in [-0.2, -0.15) is 0 Å². The minimum absolute atomic E-state index is 0.0940. The molecule has 0 saturated carbocycles. The lowest BCUT2D eigenvalue weighted by molar-refractivity contribution is 0.0944. The van der Waals surface area contributed by atoms with Crippen LogP contribution in [0.5, 0.6) is 5.75 Å². The first-order valence-electron chi connectivity index (χ1n) is 5.80. The van der Waals surface area contributed by atoms with Crippen LogP contribution in [0.15, 0.2) is 36.4 Å². The van der Waals surface area contributed by atoms with E-state index in [2.05, 4.69) is 5.32 Å². The molecule has 1 N–H and O–H groups in total. The number of halogens is 1. The van der Waals surface area contributed by atoms with E-state index in [9.17, 15) is 4.79 Å². The summed E-state index contributed by atoms with van der Waals surface area (Å²) in [6.45, 7) is 1.93. The summed E-state index contributed by atoms with van der Waals surface area (Å²) in [7, 11) is 1.62. The predicted octanol–water partition coefficient (Wildman–Crippen LogP) is 3.90. The second-order valence-electron chi connectivity index (χ2n) is 4.08. The molecule has 0 fully saturated rings. The van der Waals surface area contributed by atoms with Crippen molar-refractivity contribution in [2.75, 3.05) is 7.11 Å². The lowest BCUT2D eigenvalue weighted by Crippen LogP contribution is -2.25. The SMILES string of the molecule is COc1cccc([C@@H](C)NC(=O)c2ccc(Cl)s2)c1. The molecule has 2 aromatic rings. The topological polar surface area (TPSA) is 38.3 Å². The Labute approximate surface area is 121 Å². The van der Waals surface area contributed by atoms with Gasteiger partial charge in [0.25, 0.3) is 5.91 Å². The number of methoxy groups -OCH3 is 1. The van der Waals surface area contributed by atoms with Gasteiger partial charge in [0.15, 0.2) is 0 Å². The van der Waals surface area contributed by atoms with E-state index >= 15 is 0 Å². The van der Waals surface area contributed by atoms with Gasteiger partial charge in [-0.3, -0.25) is 4.79 Å². The molecule has 0 radical (unpaired) electrons. The molecule has 0 saturated heterocycles. The summed E-state index contributed by atoms with van der Waals surface area (Å²) < 4.78 is 5.78. The van der Waals surface area contributed by atoms with Gasteiger partial charge in [-0.25, -0.2) is 0 Å². The summed E-state index contributed by atoms with van der Waals surface area (Å²) >= 11 is 7.09. The number of hydrogen-bond acceptors (Lipinski definition) is 3. The van der Waals surface area contributed by atoms with Crippen LogP contribution in [0.3, 0.4) is 0 Å². The van der Waals surface area contributed by atoms with Crippen molar-refractivity contribution in [3.8, 4) is 5.75 Å². The molecule has 2 rings (SSSR count). The highest BCUT2D eigenvalue weighted by Crippen LogP contribution is 2.23. The summed E-state index contributed by atoms with van der Waals surface area (Å²) in [6, 6.07) is 11.0. The Morgan fingerprint density at radius 1 is 1.37 bits per heavy atom. The summed E-state index contributed by atoms with van der Waals surface area (Å²) in [6.07, 6.45) is 0. The number of carbonyl (C=O) groups excluding carboxylic acids is 1. The first-order valence-corrected chi connectivity index (χ1v) is 6.99. The number of thiophene rings is 1. The maximum absolute atomic E-state index is 12.0. The second kappa shape index (κ2) is 6.08. The van der Waals surface area contributed by atoms with E-state index in [0.717, 1.165) is 11.3 Å². The Balaban J connectivity index is 2.08. The fourth-order valence-electron chi connectivity index (χ4n) is 1.70. The predicted molar refractivity (Wildman–Crippen MR) is 78.2 cm³/mol. The van der Waals surface area contributed by atoms with E-state index < -0.39 is 0 Å². The molecule has 3 nitrogen and oxygen atoms in total. The summed E-state index contributed by atoms with van der Waals surface area (Å²) in [4.78, 5) is 12.6. The van der Waals surface area contributed by atoms with E-state index in [1.807, 2.05) is 31.2 Å². The third kappa shape index (κ3) is 3.49. The van der Waals surface area contributed by atoms with Crippen LogP contribution in [0.4, 0.5) is 0 Å². The van der Waals surface area contributed by atoms with Crippen LogP contribution in [-0.2, 0) is 0 Å². The number of rotatable bonds is 4. The zero-order valence-electron chi connectivity index (χ0n) is 10.6. The van der Waals surface area contributed by atoms with E-state index in [-0.39, 0.29) is 11.9 Å². The molecule has 1 heterocycles. The van der Waals surface area contributed by atoms with Gasteiger partial charge in [0, 0.05) is 0 Å². The monoisotopic (exact) mass is 295 g/mol. The minimum atomic E-state index is -0.118. The molecule has 0 spiro atoms. The molecule has 100 valence electrons. The molecule has 1 aromatic carbocycles. The van der Waals surface area contributed by atoms with Crippen LogP contribution in [0, 0.1) is 0 Å². The zero-order valence-corrected chi connectivity index (χ0v) is 12.2. The summed E-state index contributed by atoms with van der Waals surface area (Å²) in [5, 5.41) is 2.93. The molecule has 19 heavy (non-hydrogen) atoms. The van der Waals surface area contributed by atoms with E-state index in [1.54, 1.807) is 19.2 Å². The van der Waals surface area contributed by atoms with Gasteiger partial charge in [0.2, 0.25) is 0 Å². The highest BCUT2D eigenvalue weighted by atomic mass is 35.5. The molecule has 1 amide bonds. The van der Waals surface area contributed by atoms with Crippen molar-refractivity contribution in [3.63, 3.8) is 0 Å². The molecule has 0 unspecified atom stereocenters. The molecule has 0 aliphatic rings. The highest BCUT2D eigenvalue weighted by Gasteiger charge is 2.13. The Morgan fingerprint density at radius 3 is 2.79 bits per heavy atom. The lowest BCUT2D eigenvalue weighted by Gasteiger charge is -2.14. The van der Waals surface area contributed by atoms with Crippen LogP contribution in [0.2, 0.25) is 4.34 Å². The fraction of sp³-hybridized carbons (Fsp3) is 0.214. The maximum atomic E-state index is 12.0. The number of amides is 1. The number of hydrogen-bond donors (Lipinski definition) is 1. The molecule has 1 aromatic heterocycles. The number of ether oxygens (including phenoxy) is 1. The normalized spacial score (nSPS) is 11.9. The average molecular weight is 296 g/mol. The number of benzene rings is 1. The quantitative estimate of drug-likeness (QED) is 0.929. The van der Waals surface area contributed by atoms with Crippen LogP contribution in [0.1, 0.15) is 28.2 Å². The largest absolute Gasteiger partial charge is 0.497 e. The van der Waals surface area contributed by atoms with E-state index in [4.69, 9.17) is 16.3 Å². The van der Waals surface area contributed by atoms with Crippen LogP contribution in [0.25, 0.3) is 0 Å². The van der Waals surface area contributed by atoms with Crippen molar-refractivity contribution >= 4 is 28.8 Å². The molecule has 0 aliphatic carbocycles. The molecular weight excluding hydrogens is 282 g/mol. The number of carbonyl (C=O) groups is 1. The molecule has 5 heteroatoms. The van der Waals surface area contributed by atoms with Gasteiger partial charge in [-0.05, 0) is 36.8 Å². The maximum Gasteiger partial charge on any atom is 0.261 e. The summed E-state index contributed by atoms with van der Waals surface area (Å²) in [5.74, 6) is 0.657. The van der Waals surface area contributed by atoms with Gasteiger partial charge in [-0.1, -0.05) is 23.7 Å². The van der Waals surface area contributed by atoms with Crippen molar-refractivity contribution in [1.82, 2.24) is 5.32 Å². The summed E-state index contributed by atoms with van der Waals surface area (Å²) in [5.41, 5.74) is 0.996. The molecule has 0 aliphatic heterocycles. The number of nitrogens with one attached hydrogen (secondary N) is 1. The average Bonchev–Trinajstić information content (AvgIpc) is 2.85. The first-order chi connectivity index (χ1) is 9.10. The Kier molecular flexibility index (Phi) is 4.45. The Morgan fingerprint density at radius 2 is 2.16 bits per heavy atom. The Bertz CT molecular complexity index is 582. The zero-order chi connectivity index (χ0) is 13.8.